The van der Waals surface area contributed by atoms with Crippen LogP contribution in [0.3, 0.4) is 0 Å². The second-order valence-corrected chi connectivity index (χ2v) is 4.47. The summed E-state index contributed by atoms with van der Waals surface area (Å²) in [5.41, 5.74) is 0.411. The summed E-state index contributed by atoms with van der Waals surface area (Å²) in [6, 6.07) is 4.98. The van der Waals surface area contributed by atoms with Crippen LogP contribution < -0.4 is 5.56 Å². The maximum absolute atomic E-state index is 12.3. The number of aromatic hydroxyl groups is 1. The Bertz CT molecular complexity index is 631. The monoisotopic (exact) mass is 230 g/mol. The van der Waals surface area contributed by atoms with Crippen LogP contribution >= 0.6 is 0 Å². The Hall–Kier alpha value is -1.84. The van der Waals surface area contributed by atoms with Gasteiger partial charge in [-0.25, -0.2) is 4.98 Å². The van der Waals surface area contributed by atoms with Gasteiger partial charge in [0.25, 0.3) is 5.56 Å². The van der Waals surface area contributed by atoms with Crippen LogP contribution in [0.5, 0.6) is 5.75 Å². The van der Waals surface area contributed by atoms with Crippen molar-refractivity contribution < 1.29 is 5.11 Å². The summed E-state index contributed by atoms with van der Waals surface area (Å²) in [5.74, 6) is 0.897. The largest absolute Gasteiger partial charge is 0.506 e. The minimum atomic E-state index is -0.0252. The van der Waals surface area contributed by atoms with Crippen molar-refractivity contribution in [1.29, 1.82) is 0 Å². The number of aromatic nitrogens is 2. The van der Waals surface area contributed by atoms with Crippen LogP contribution in [-0.4, -0.2) is 14.7 Å². The standard InChI is InChI=1S/C13H14N2O2/c16-10-6-4-5-9-12(10)14-11-7-2-1-3-8-15(11)13(9)17/h4-6,16H,1-3,7-8H2. The Labute approximate surface area is 98.5 Å². The molecule has 0 spiro atoms. The lowest BCUT2D eigenvalue weighted by Crippen LogP contribution is -2.24. The van der Waals surface area contributed by atoms with E-state index in [1.54, 1.807) is 22.8 Å². The molecular weight excluding hydrogens is 216 g/mol. The number of fused-ring (bicyclic) bond motifs is 2. The van der Waals surface area contributed by atoms with Crippen LogP contribution in [0.15, 0.2) is 23.0 Å². The third-order valence-electron chi connectivity index (χ3n) is 3.32. The molecule has 88 valence electrons. The fourth-order valence-corrected chi connectivity index (χ4v) is 2.42. The molecule has 3 rings (SSSR count). The van der Waals surface area contributed by atoms with Crippen molar-refractivity contribution in [1.82, 2.24) is 9.55 Å². The molecule has 0 aliphatic carbocycles. The first-order valence-corrected chi connectivity index (χ1v) is 5.99. The van der Waals surface area contributed by atoms with E-state index in [4.69, 9.17) is 0 Å². The molecule has 0 saturated carbocycles. The molecular formula is C13H14N2O2. The quantitative estimate of drug-likeness (QED) is 0.751. The second kappa shape index (κ2) is 3.87. The van der Waals surface area contributed by atoms with Gasteiger partial charge in [0.2, 0.25) is 0 Å². The molecule has 0 fully saturated rings. The zero-order valence-electron chi connectivity index (χ0n) is 9.52. The van der Waals surface area contributed by atoms with Crippen molar-refractivity contribution >= 4 is 10.9 Å². The second-order valence-electron chi connectivity index (χ2n) is 4.47. The molecule has 0 amide bonds. The zero-order valence-corrected chi connectivity index (χ0v) is 9.52. The van der Waals surface area contributed by atoms with Crippen LogP contribution in [0, 0.1) is 0 Å². The number of para-hydroxylation sites is 1. The van der Waals surface area contributed by atoms with Gasteiger partial charge in [0, 0.05) is 13.0 Å². The highest BCUT2D eigenvalue weighted by molar-refractivity contribution is 5.83. The highest BCUT2D eigenvalue weighted by Crippen LogP contribution is 2.21. The van der Waals surface area contributed by atoms with E-state index in [0.717, 1.165) is 38.1 Å². The van der Waals surface area contributed by atoms with Crippen molar-refractivity contribution in [2.45, 2.75) is 32.2 Å². The molecule has 17 heavy (non-hydrogen) atoms. The first kappa shape index (κ1) is 10.3. The molecule has 0 bridgehead atoms. The summed E-state index contributed by atoms with van der Waals surface area (Å²) in [4.78, 5) is 16.7. The number of benzene rings is 1. The van der Waals surface area contributed by atoms with Crippen LogP contribution in [0.4, 0.5) is 0 Å². The molecule has 2 aromatic rings. The molecule has 1 aromatic heterocycles. The molecule has 0 unspecified atom stereocenters. The van der Waals surface area contributed by atoms with Gasteiger partial charge in [-0.3, -0.25) is 9.36 Å². The number of nitrogens with zero attached hydrogens (tertiary/aromatic N) is 2. The van der Waals surface area contributed by atoms with E-state index in [2.05, 4.69) is 4.98 Å². The summed E-state index contributed by atoms with van der Waals surface area (Å²) in [6.45, 7) is 0.743. The predicted octanol–water partition coefficient (Wildman–Crippen LogP) is 1.83. The molecule has 4 nitrogen and oxygen atoms in total. The first-order valence-electron chi connectivity index (χ1n) is 5.99. The third-order valence-corrected chi connectivity index (χ3v) is 3.32. The molecule has 1 aromatic carbocycles. The maximum atomic E-state index is 12.3. The number of phenols is 1. The van der Waals surface area contributed by atoms with Gasteiger partial charge in [0.1, 0.15) is 17.1 Å². The highest BCUT2D eigenvalue weighted by atomic mass is 16.3. The summed E-state index contributed by atoms with van der Waals surface area (Å²) in [6.07, 6.45) is 4.04. The fourth-order valence-electron chi connectivity index (χ4n) is 2.42. The van der Waals surface area contributed by atoms with E-state index >= 15 is 0 Å². The summed E-state index contributed by atoms with van der Waals surface area (Å²) >= 11 is 0. The lowest BCUT2D eigenvalue weighted by atomic mass is 10.2. The Morgan fingerprint density at radius 1 is 1.24 bits per heavy atom. The molecule has 1 N–H and O–H groups in total. The first-order chi connectivity index (χ1) is 8.27. The van der Waals surface area contributed by atoms with Crippen molar-refractivity contribution in [3.8, 4) is 5.75 Å². The molecule has 0 atom stereocenters. The zero-order chi connectivity index (χ0) is 11.8. The van der Waals surface area contributed by atoms with E-state index in [0.29, 0.717) is 10.9 Å². The number of hydrogen-bond donors (Lipinski definition) is 1. The van der Waals surface area contributed by atoms with E-state index < -0.39 is 0 Å². The van der Waals surface area contributed by atoms with Crippen LogP contribution in [0.25, 0.3) is 10.9 Å². The number of hydrogen-bond acceptors (Lipinski definition) is 3. The lowest BCUT2D eigenvalue weighted by molar-refractivity contribution is 0.479. The third kappa shape index (κ3) is 1.60. The van der Waals surface area contributed by atoms with Gasteiger partial charge in [-0.05, 0) is 25.0 Å². The van der Waals surface area contributed by atoms with Gasteiger partial charge in [0.05, 0.1) is 5.39 Å². The van der Waals surface area contributed by atoms with E-state index in [-0.39, 0.29) is 11.3 Å². The summed E-state index contributed by atoms with van der Waals surface area (Å²) in [5, 5.41) is 10.3. The van der Waals surface area contributed by atoms with E-state index in [9.17, 15) is 9.90 Å². The van der Waals surface area contributed by atoms with Gasteiger partial charge in [0.15, 0.2) is 0 Å². The Balaban J connectivity index is 2.37. The van der Waals surface area contributed by atoms with E-state index in [1.165, 1.54) is 0 Å². The molecule has 0 saturated heterocycles. The molecule has 1 aliphatic heterocycles. The Morgan fingerprint density at radius 2 is 2.12 bits per heavy atom. The topological polar surface area (TPSA) is 55.1 Å². The predicted molar refractivity (Wildman–Crippen MR) is 65.2 cm³/mol. The van der Waals surface area contributed by atoms with Crippen LogP contribution in [0.2, 0.25) is 0 Å². The minimum Gasteiger partial charge on any atom is -0.506 e. The Kier molecular flexibility index (Phi) is 2.35. The highest BCUT2D eigenvalue weighted by Gasteiger charge is 2.14. The summed E-state index contributed by atoms with van der Waals surface area (Å²) < 4.78 is 1.76. The van der Waals surface area contributed by atoms with Gasteiger partial charge in [-0.15, -0.1) is 0 Å². The number of aryl methyl sites for hydroxylation is 1. The average Bonchev–Trinajstić information content (AvgIpc) is 2.56. The molecule has 0 radical (unpaired) electrons. The normalized spacial score (nSPS) is 15.5. The summed E-state index contributed by atoms with van der Waals surface area (Å²) in [7, 11) is 0. The smallest absolute Gasteiger partial charge is 0.261 e. The van der Waals surface area contributed by atoms with Gasteiger partial charge < -0.3 is 5.11 Å². The fraction of sp³-hybridized carbons (Fsp3) is 0.385. The van der Waals surface area contributed by atoms with Gasteiger partial charge in [-0.2, -0.15) is 0 Å². The molecule has 1 aliphatic rings. The SMILES string of the molecule is O=c1c2cccc(O)c2nc2n1CCCCC2. The van der Waals surface area contributed by atoms with Gasteiger partial charge in [-0.1, -0.05) is 12.5 Å². The van der Waals surface area contributed by atoms with Crippen LogP contribution in [-0.2, 0) is 13.0 Å². The average molecular weight is 230 g/mol. The minimum absolute atomic E-state index is 0.0252. The van der Waals surface area contributed by atoms with Crippen molar-refractivity contribution in [2.24, 2.45) is 0 Å². The maximum Gasteiger partial charge on any atom is 0.261 e. The molecule has 2 heterocycles. The molecule has 4 heteroatoms. The number of phenolic OH excluding ortho intramolecular Hbond substituents is 1. The van der Waals surface area contributed by atoms with Crippen molar-refractivity contribution in [3.05, 3.63) is 34.4 Å². The van der Waals surface area contributed by atoms with Gasteiger partial charge >= 0.3 is 0 Å². The van der Waals surface area contributed by atoms with E-state index in [1.807, 2.05) is 0 Å². The lowest BCUT2D eigenvalue weighted by Gasteiger charge is -2.10. The van der Waals surface area contributed by atoms with Crippen molar-refractivity contribution in [3.63, 3.8) is 0 Å². The Morgan fingerprint density at radius 3 is 3.00 bits per heavy atom. The van der Waals surface area contributed by atoms with Crippen molar-refractivity contribution in [2.75, 3.05) is 0 Å². The number of rotatable bonds is 0. The van der Waals surface area contributed by atoms with Crippen LogP contribution in [0.1, 0.15) is 25.1 Å².